The van der Waals surface area contributed by atoms with Gasteiger partial charge in [0.2, 0.25) is 5.91 Å². The predicted octanol–water partition coefficient (Wildman–Crippen LogP) is 3.30. The van der Waals surface area contributed by atoms with E-state index in [-0.39, 0.29) is 0 Å². The Kier molecular flexibility index (Phi) is 5.72. The van der Waals surface area contributed by atoms with Crippen molar-refractivity contribution < 1.29 is 18.0 Å². The van der Waals surface area contributed by atoms with Crippen LogP contribution in [-0.2, 0) is 10.5 Å². The highest BCUT2D eigenvalue weighted by atomic mass is 32.2. The maximum Gasteiger partial charge on any atom is 0.405 e. The minimum Gasteiger partial charge on any atom is -0.346 e. The van der Waals surface area contributed by atoms with Crippen molar-refractivity contribution in [2.45, 2.75) is 31.0 Å². The molecule has 1 amide bonds. The second-order valence-electron chi connectivity index (χ2n) is 4.21. The van der Waals surface area contributed by atoms with Crippen molar-refractivity contribution in [3.63, 3.8) is 0 Å². The fourth-order valence-electron chi connectivity index (χ4n) is 1.39. The fraction of sp³-hybridized carbons (Fsp3) is 0.462. The van der Waals surface area contributed by atoms with Gasteiger partial charge in [-0.3, -0.25) is 4.79 Å². The Bertz CT molecular complexity index is 434. The second kappa shape index (κ2) is 6.84. The summed E-state index contributed by atoms with van der Waals surface area (Å²) in [5.41, 5.74) is 2.20. The molecule has 0 aromatic heterocycles. The highest BCUT2D eigenvalue weighted by Crippen LogP contribution is 2.20. The minimum atomic E-state index is -4.37. The van der Waals surface area contributed by atoms with Gasteiger partial charge < -0.3 is 5.32 Å². The lowest BCUT2D eigenvalue weighted by Crippen LogP contribution is -2.38. The number of alkyl halides is 3. The third-order valence-corrected chi connectivity index (χ3v) is 3.77. The molecule has 0 aliphatic rings. The number of aryl methyl sites for hydroxylation is 1. The SMILES string of the molecule is Cc1ccccc1CSC(C)C(=O)NCC(F)(F)F. The van der Waals surface area contributed by atoms with Gasteiger partial charge in [0.1, 0.15) is 6.54 Å². The van der Waals surface area contributed by atoms with Gasteiger partial charge in [-0.1, -0.05) is 24.3 Å². The van der Waals surface area contributed by atoms with Crippen molar-refractivity contribution >= 4 is 17.7 Å². The van der Waals surface area contributed by atoms with Crippen LogP contribution < -0.4 is 5.32 Å². The van der Waals surface area contributed by atoms with E-state index in [4.69, 9.17) is 0 Å². The lowest BCUT2D eigenvalue weighted by atomic mass is 10.1. The first-order valence-electron chi connectivity index (χ1n) is 5.80. The molecule has 0 aliphatic carbocycles. The monoisotopic (exact) mass is 291 g/mol. The fourth-order valence-corrected chi connectivity index (χ4v) is 2.38. The Balaban J connectivity index is 2.41. The van der Waals surface area contributed by atoms with E-state index in [0.29, 0.717) is 5.75 Å². The van der Waals surface area contributed by atoms with Crippen molar-refractivity contribution in [1.82, 2.24) is 5.32 Å². The quantitative estimate of drug-likeness (QED) is 0.902. The molecule has 0 bridgehead atoms. The first-order chi connectivity index (χ1) is 8.79. The van der Waals surface area contributed by atoms with Crippen molar-refractivity contribution in [3.05, 3.63) is 35.4 Å². The zero-order valence-electron chi connectivity index (χ0n) is 10.8. The molecule has 1 aromatic carbocycles. The van der Waals surface area contributed by atoms with Crippen LogP contribution in [0.15, 0.2) is 24.3 Å². The number of hydrogen-bond donors (Lipinski definition) is 1. The molecular formula is C13H16F3NOS. The zero-order chi connectivity index (χ0) is 14.5. The Labute approximate surface area is 114 Å². The highest BCUT2D eigenvalue weighted by Gasteiger charge is 2.28. The molecule has 6 heteroatoms. The molecule has 0 saturated carbocycles. The topological polar surface area (TPSA) is 29.1 Å². The molecule has 0 saturated heterocycles. The van der Waals surface area contributed by atoms with Crippen LogP contribution in [0.2, 0.25) is 0 Å². The summed E-state index contributed by atoms with van der Waals surface area (Å²) in [5, 5.41) is 1.38. The van der Waals surface area contributed by atoms with Gasteiger partial charge in [-0.05, 0) is 25.0 Å². The summed E-state index contributed by atoms with van der Waals surface area (Å²) in [5.74, 6) is 0.0173. The third-order valence-electron chi connectivity index (χ3n) is 2.58. The van der Waals surface area contributed by atoms with Gasteiger partial charge in [-0.25, -0.2) is 0 Å². The number of benzene rings is 1. The number of halogens is 3. The summed E-state index contributed by atoms with van der Waals surface area (Å²) < 4.78 is 35.9. The lowest BCUT2D eigenvalue weighted by Gasteiger charge is -2.14. The number of hydrogen-bond acceptors (Lipinski definition) is 2. The number of carbonyl (C=O) groups excluding carboxylic acids is 1. The number of amides is 1. The largest absolute Gasteiger partial charge is 0.405 e. The molecule has 1 unspecified atom stereocenters. The molecule has 2 nitrogen and oxygen atoms in total. The molecule has 0 heterocycles. The van der Waals surface area contributed by atoms with E-state index >= 15 is 0 Å². The van der Waals surface area contributed by atoms with Crippen LogP contribution in [0, 0.1) is 6.92 Å². The van der Waals surface area contributed by atoms with E-state index in [2.05, 4.69) is 0 Å². The standard InChI is InChI=1S/C13H16F3NOS/c1-9-5-3-4-6-11(9)7-19-10(2)12(18)17-8-13(14,15)16/h3-6,10H,7-8H2,1-2H3,(H,17,18). The smallest absolute Gasteiger partial charge is 0.346 e. The van der Waals surface area contributed by atoms with Crippen molar-refractivity contribution in [2.75, 3.05) is 6.54 Å². The predicted molar refractivity (Wildman–Crippen MR) is 71.0 cm³/mol. The maximum atomic E-state index is 12.0. The molecule has 1 rings (SSSR count). The average molecular weight is 291 g/mol. The number of thioether (sulfide) groups is 1. The van der Waals surface area contributed by atoms with Gasteiger partial charge in [-0.15, -0.1) is 11.8 Å². The van der Waals surface area contributed by atoms with Crippen molar-refractivity contribution in [1.29, 1.82) is 0 Å². The molecule has 0 spiro atoms. The normalized spacial score (nSPS) is 13.1. The van der Waals surface area contributed by atoms with Gasteiger partial charge in [0, 0.05) is 5.75 Å². The second-order valence-corrected chi connectivity index (χ2v) is 5.54. The van der Waals surface area contributed by atoms with Crippen LogP contribution in [0.25, 0.3) is 0 Å². The van der Waals surface area contributed by atoms with Crippen molar-refractivity contribution in [3.8, 4) is 0 Å². The molecule has 19 heavy (non-hydrogen) atoms. The Morgan fingerprint density at radius 1 is 1.37 bits per heavy atom. The van der Waals surface area contributed by atoms with Crippen LogP contribution in [0.5, 0.6) is 0 Å². The average Bonchev–Trinajstić information content (AvgIpc) is 2.33. The van der Waals surface area contributed by atoms with E-state index in [9.17, 15) is 18.0 Å². The van der Waals surface area contributed by atoms with Gasteiger partial charge in [0.05, 0.1) is 5.25 Å². The number of nitrogens with one attached hydrogen (secondary N) is 1. The number of rotatable bonds is 5. The Morgan fingerprint density at radius 2 is 2.00 bits per heavy atom. The molecule has 1 atom stereocenters. The Hall–Kier alpha value is -1.17. The molecule has 106 valence electrons. The third kappa shape index (κ3) is 6.00. The summed E-state index contributed by atoms with van der Waals surface area (Å²) in [7, 11) is 0. The van der Waals surface area contributed by atoms with Crippen LogP contribution in [0.1, 0.15) is 18.1 Å². The van der Waals surface area contributed by atoms with Gasteiger partial charge in [0.25, 0.3) is 0 Å². The van der Waals surface area contributed by atoms with Gasteiger partial charge in [0.15, 0.2) is 0 Å². The van der Waals surface area contributed by atoms with Crippen LogP contribution in [-0.4, -0.2) is 23.9 Å². The van der Waals surface area contributed by atoms with Crippen LogP contribution >= 0.6 is 11.8 Å². The van der Waals surface area contributed by atoms with E-state index in [1.165, 1.54) is 11.8 Å². The Morgan fingerprint density at radius 3 is 2.58 bits per heavy atom. The van der Waals surface area contributed by atoms with Crippen LogP contribution in [0.3, 0.4) is 0 Å². The molecule has 0 fully saturated rings. The van der Waals surface area contributed by atoms with Crippen molar-refractivity contribution in [2.24, 2.45) is 0 Å². The van der Waals surface area contributed by atoms with Gasteiger partial charge >= 0.3 is 6.18 Å². The van der Waals surface area contributed by atoms with E-state index in [0.717, 1.165) is 11.1 Å². The summed E-state index contributed by atoms with van der Waals surface area (Å²) in [6, 6.07) is 7.73. The first-order valence-corrected chi connectivity index (χ1v) is 6.85. The zero-order valence-corrected chi connectivity index (χ0v) is 11.6. The van der Waals surface area contributed by atoms with E-state index < -0.39 is 23.9 Å². The maximum absolute atomic E-state index is 12.0. The van der Waals surface area contributed by atoms with E-state index in [1.807, 2.05) is 36.5 Å². The molecule has 1 aromatic rings. The summed E-state index contributed by atoms with van der Waals surface area (Å²) >= 11 is 1.32. The first kappa shape index (κ1) is 15.9. The van der Waals surface area contributed by atoms with Gasteiger partial charge in [-0.2, -0.15) is 13.2 Å². The van der Waals surface area contributed by atoms with E-state index in [1.54, 1.807) is 6.92 Å². The molecule has 1 N–H and O–H groups in total. The molecule has 0 aliphatic heterocycles. The molecular weight excluding hydrogens is 275 g/mol. The summed E-state index contributed by atoms with van der Waals surface area (Å²) in [6.07, 6.45) is -4.37. The highest BCUT2D eigenvalue weighted by molar-refractivity contribution is 7.99. The number of carbonyl (C=O) groups is 1. The lowest BCUT2D eigenvalue weighted by molar-refractivity contribution is -0.137. The van der Waals surface area contributed by atoms with Crippen LogP contribution in [0.4, 0.5) is 13.2 Å². The summed E-state index contributed by atoms with van der Waals surface area (Å²) in [6.45, 7) is 2.29. The molecule has 0 radical (unpaired) electrons. The summed E-state index contributed by atoms with van der Waals surface area (Å²) in [4.78, 5) is 11.5. The minimum absolute atomic E-state index is 0.512.